The van der Waals surface area contributed by atoms with Gasteiger partial charge in [-0.25, -0.2) is 14.4 Å². The molecule has 0 aliphatic carbocycles. The number of halogens is 2. The highest BCUT2D eigenvalue weighted by molar-refractivity contribution is 5.85. The van der Waals surface area contributed by atoms with Gasteiger partial charge in [0.25, 0.3) is 0 Å². The number of rotatable bonds is 5. The number of fused-ring (bicyclic) bond motifs is 1. The normalized spacial score (nSPS) is 11.1. The van der Waals surface area contributed by atoms with Gasteiger partial charge in [0.1, 0.15) is 17.5 Å². The number of aromatic nitrogens is 6. The number of hydrogen-bond acceptors (Lipinski definition) is 5. The van der Waals surface area contributed by atoms with Crippen LogP contribution in [-0.2, 0) is 13.1 Å². The largest absolute Gasteiger partial charge is 0.421 e. The highest BCUT2D eigenvalue weighted by atomic mass is 35.5. The van der Waals surface area contributed by atoms with Gasteiger partial charge < -0.3 is 13.6 Å². The van der Waals surface area contributed by atoms with E-state index in [4.69, 9.17) is 9.40 Å². The van der Waals surface area contributed by atoms with Crippen molar-refractivity contribution in [2.24, 2.45) is 0 Å². The molecule has 2 aromatic carbocycles. The Morgan fingerprint density at radius 1 is 1.06 bits per heavy atom. The van der Waals surface area contributed by atoms with Crippen LogP contribution < -0.4 is 0 Å². The van der Waals surface area contributed by atoms with E-state index in [0.717, 1.165) is 34.5 Å². The van der Waals surface area contributed by atoms with Crippen LogP contribution in [0.1, 0.15) is 18.6 Å². The maximum atomic E-state index is 13.7. The summed E-state index contributed by atoms with van der Waals surface area (Å²) in [6.45, 7) is 5.14. The zero-order valence-electron chi connectivity index (χ0n) is 17.0. The van der Waals surface area contributed by atoms with E-state index in [9.17, 15) is 4.39 Å². The summed E-state index contributed by atoms with van der Waals surface area (Å²) in [5.74, 6) is 2.31. The Kier molecular flexibility index (Phi) is 5.56. The molecule has 0 fully saturated rings. The number of aryl methyl sites for hydroxylation is 2. The Balaban J connectivity index is 0.00000231. The van der Waals surface area contributed by atoms with Crippen LogP contribution in [0.5, 0.6) is 0 Å². The lowest BCUT2D eigenvalue weighted by Crippen LogP contribution is -2.08. The fourth-order valence-electron chi connectivity index (χ4n) is 3.68. The molecule has 9 heteroatoms. The second-order valence-corrected chi connectivity index (χ2v) is 6.99. The Hall–Kier alpha value is -3.52. The van der Waals surface area contributed by atoms with Gasteiger partial charge in [0.05, 0.1) is 17.6 Å². The average Bonchev–Trinajstić information content (AvgIpc) is 3.45. The van der Waals surface area contributed by atoms with E-state index in [-0.39, 0.29) is 18.2 Å². The van der Waals surface area contributed by atoms with Crippen LogP contribution >= 0.6 is 12.4 Å². The zero-order valence-corrected chi connectivity index (χ0v) is 17.8. The second-order valence-electron chi connectivity index (χ2n) is 6.99. The molecule has 0 spiro atoms. The summed E-state index contributed by atoms with van der Waals surface area (Å²) in [6, 6.07) is 12.4. The highest BCUT2D eigenvalue weighted by Gasteiger charge is 2.15. The van der Waals surface area contributed by atoms with Gasteiger partial charge in [-0.15, -0.1) is 22.6 Å². The number of benzene rings is 2. The van der Waals surface area contributed by atoms with E-state index < -0.39 is 0 Å². The molecule has 5 rings (SSSR count). The fraction of sp³-hybridized carbons (Fsp3) is 0.182. The van der Waals surface area contributed by atoms with E-state index in [2.05, 4.69) is 26.7 Å². The minimum Gasteiger partial charge on any atom is -0.421 e. The van der Waals surface area contributed by atoms with Gasteiger partial charge in [-0.3, -0.25) is 0 Å². The third kappa shape index (κ3) is 3.82. The van der Waals surface area contributed by atoms with Crippen LogP contribution in [0.25, 0.3) is 33.9 Å². The topological polar surface area (TPSA) is 74.6 Å². The Morgan fingerprint density at radius 3 is 2.68 bits per heavy atom. The van der Waals surface area contributed by atoms with Crippen LogP contribution in [0.2, 0.25) is 0 Å². The van der Waals surface area contributed by atoms with Gasteiger partial charge in [0.2, 0.25) is 11.8 Å². The minimum absolute atomic E-state index is 0. The molecular weight excluding hydrogens is 419 g/mol. The standard InChI is InChI=1S/C22H19FN6O.ClH/c1-3-29-19-8-7-16(22-27-26-14(2)30-22)12-18(19)25-20(29)13-28-10-9-24-21(28)15-5-4-6-17(23)11-15;/h4-12H,3,13H2,1-2H3;1H. The molecule has 0 unspecified atom stereocenters. The van der Waals surface area contributed by atoms with E-state index >= 15 is 0 Å². The molecule has 0 aliphatic rings. The van der Waals surface area contributed by atoms with E-state index in [1.807, 2.05) is 35.0 Å². The van der Waals surface area contributed by atoms with Crippen molar-refractivity contribution in [3.05, 3.63) is 72.4 Å². The first-order chi connectivity index (χ1) is 14.6. The molecular formula is C22H20ClFN6O. The molecule has 31 heavy (non-hydrogen) atoms. The van der Waals surface area contributed by atoms with Crippen LogP contribution in [0.3, 0.4) is 0 Å². The molecule has 0 N–H and O–H groups in total. The van der Waals surface area contributed by atoms with Crippen LogP contribution in [0, 0.1) is 12.7 Å². The summed E-state index contributed by atoms with van der Waals surface area (Å²) in [4.78, 5) is 9.27. The summed E-state index contributed by atoms with van der Waals surface area (Å²) in [5.41, 5.74) is 3.44. The summed E-state index contributed by atoms with van der Waals surface area (Å²) in [6.07, 6.45) is 3.60. The lowest BCUT2D eigenvalue weighted by Gasteiger charge is -2.10. The first kappa shape index (κ1) is 20.7. The van der Waals surface area contributed by atoms with Crippen LogP contribution in [0.15, 0.2) is 59.3 Å². The predicted octanol–water partition coefficient (Wildman–Crippen LogP) is 4.89. The van der Waals surface area contributed by atoms with Gasteiger partial charge in [-0.05, 0) is 37.3 Å². The Labute approximate surface area is 184 Å². The molecule has 0 saturated heterocycles. The molecule has 0 bridgehead atoms. The SMILES string of the molecule is CCn1c(Cn2ccnc2-c2cccc(F)c2)nc2cc(-c3nnc(C)o3)ccc21.Cl. The van der Waals surface area contributed by atoms with Crippen molar-refractivity contribution >= 4 is 23.4 Å². The average molecular weight is 439 g/mol. The minimum atomic E-state index is -0.286. The molecule has 0 radical (unpaired) electrons. The van der Waals surface area contributed by atoms with E-state index in [0.29, 0.717) is 24.2 Å². The second kappa shape index (κ2) is 8.31. The van der Waals surface area contributed by atoms with Crippen molar-refractivity contribution in [1.82, 2.24) is 29.3 Å². The van der Waals surface area contributed by atoms with Crippen molar-refractivity contribution in [1.29, 1.82) is 0 Å². The summed E-state index contributed by atoms with van der Waals surface area (Å²) in [5, 5.41) is 7.99. The summed E-state index contributed by atoms with van der Waals surface area (Å²) < 4.78 is 23.4. The lowest BCUT2D eigenvalue weighted by atomic mass is 10.2. The van der Waals surface area contributed by atoms with Crippen LogP contribution in [0.4, 0.5) is 4.39 Å². The maximum Gasteiger partial charge on any atom is 0.247 e. The van der Waals surface area contributed by atoms with Gasteiger partial charge >= 0.3 is 0 Å². The molecule has 0 saturated carbocycles. The maximum absolute atomic E-state index is 13.7. The van der Waals surface area contributed by atoms with E-state index in [1.54, 1.807) is 19.2 Å². The molecule has 0 amide bonds. The molecule has 3 aromatic heterocycles. The van der Waals surface area contributed by atoms with Crippen molar-refractivity contribution in [2.45, 2.75) is 26.9 Å². The monoisotopic (exact) mass is 438 g/mol. The van der Waals surface area contributed by atoms with Crippen LogP contribution in [-0.4, -0.2) is 29.3 Å². The Bertz CT molecular complexity index is 1360. The number of imidazole rings is 2. The van der Waals surface area contributed by atoms with Crippen molar-refractivity contribution in [3.8, 4) is 22.8 Å². The molecule has 5 aromatic rings. The van der Waals surface area contributed by atoms with Crippen molar-refractivity contribution < 1.29 is 8.81 Å². The number of hydrogen-bond donors (Lipinski definition) is 0. The first-order valence-electron chi connectivity index (χ1n) is 9.69. The quantitative estimate of drug-likeness (QED) is 0.390. The Morgan fingerprint density at radius 2 is 1.94 bits per heavy atom. The lowest BCUT2D eigenvalue weighted by molar-refractivity contribution is 0.533. The molecule has 158 valence electrons. The fourth-order valence-corrected chi connectivity index (χ4v) is 3.68. The van der Waals surface area contributed by atoms with Gasteiger partial charge in [-0.2, -0.15) is 0 Å². The molecule has 3 heterocycles. The van der Waals surface area contributed by atoms with Crippen molar-refractivity contribution in [2.75, 3.05) is 0 Å². The van der Waals surface area contributed by atoms with Gasteiger partial charge in [-0.1, -0.05) is 12.1 Å². The molecule has 7 nitrogen and oxygen atoms in total. The summed E-state index contributed by atoms with van der Waals surface area (Å²) in [7, 11) is 0. The predicted molar refractivity (Wildman–Crippen MR) is 117 cm³/mol. The number of nitrogens with zero attached hydrogens (tertiary/aromatic N) is 6. The van der Waals surface area contributed by atoms with Gasteiger partial charge in [0, 0.05) is 37.0 Å². The first-order valence-corrected chi connectivity index (χ1v) is 9.69. The van der Waals surface area contributed by atoms with Crippen molar-refractivity contribution in [3.63, 3.8) is 0 Å². The highest BCUT2D eigenvalue weighted by Crippen LogP contribution is 2.26. The third-order valence-electron chi connectivity index (χ3n) is 5.03. The smallest absolute Gasteiger partial charge is 0.247 e. The molecule has 0 atom stereocenters. The zero-order chi connectivity index (χ0) is 20.7. The molecule has 0 aliphatic heterocycles. The summed E-state index contributed by atoms with van der Waals surface area (Å²) >= 11 is 0. The van der Waals surface area contributed by atoms with Gasteiger partial charge in [0.15, 0.2) is 0 Å². The third-order valence-corrected chi connectivity index (χ3v) is 5.03. The van der Waals surface area contributed by atoms with E-state index in [1.165, 1.54) is 12.1 Å².